The molecule has 2 heteroatoms. The molecule has 0 aromatic heterocycles. The molecule has 0 amide bonds. The van der Waals surface area contributed by atoms with E-state index >= 15 is 0 Å². The minimum atomic E-state index is -0.629. The summed E-state index contributed by atoms with van der Waals surface area (Å²) in [5.74, 6) is 0. The lowest BCUT2D eigenvalue weighted by Crippen LogP contribution is -1.89. The summed E-state index contributed by atoms with van der Waals surface area (Å²) < 4.78 is 12.0. The first-order chi connectivity index (χ1) is 3.27. The number of alkyl halides is 2. The molecule has 0 radical (unpaired) electrons. The van der Waals surface area contributed by atoms with Crippen LogP contribution >= 0.6 is 22.6 Å². The van der Waals surface area contributed by atoms with Gasteiger partial charge in [-0.15, -0.1) is 13.2 Å². The van der Waals surface area contributed by atoms with E-state index in [4.69, 9.17) is 0 Å². The molecule has 1 unspecified atom stereocenters. The standard InChI is InChI=1S/C3H6FI.C2H4/c1-3(4)2-5;1-2/h3H,2H2,1H3;1-2H2. The van der Waals surface area contributed by atoms with E-state index in [1.165, 1.54) is 0 Å². The van der Waals surface area contributed by atoms with Crippen LogP contribution in [-0.4, -0.2) is 10.6 Å². The quantitative estimate of drug-likeness (QED) is 0.359. The Labute approximate surface area is 57.9 Å². The molecule has 0 saturated heterocycles. The molecule has 0 spiro atoms. The summed E-state index contributed by atoms with van der Waals surface area (Å²) in [7, 11) is 0. The fourth-order valence-electron chi connectivity index (χ4n) is 0. The van der Waals surface area contributed by atoms with Gasteiger partial charge in [0, 0.05) is 4.43 Å². The molecule has 0 saturated carbocycles. The predicted molar refractivity (Wildman–Crippen MR) is 40.7 cm³/mol. The first kappa shape index (κ1) is 10.4. The van der Waals surface area contributed by atoms with Gasteiger partial charge in [0.2, 0.25) is 0 Å². The third kappa shape index (κ3) is 21.5. The Morgan fingerprint density at radius 3 is 1.86 bits per heavy atom. The lowest BCUT2D eigenvalue weighted by atomic mass is 10.5. The zero-order chi connectivity index (χ0) is 6.28. The van der Waals surface area contributed by atoms with E-state index in [-0.39, 0.29) is 0 Å². The van der Waals surface area contributed by atoms with Gasteiger partial charge in [-0.05, 0) is 6.92 Å². The molecule has 0 bridgehead atoms. The summed E-state index contributed by atoms with van der Waals surface area (Å²) in [5, 5.41) is 0. The van der Waals surface area contributed by atoms with Crippen LogP contribution in [0.3, 0.4) is 0 Å². The molecule has 0 aliphatic rings. The molecule has 0 aromatic carbocycles. The van der Waals surface area contributed by atoms with Crippen LogP contribution in [-0.2, 0) is 0 Å². The van der Waals surface area contributed by atoms with Gasteiger partial charge in [0.25, 0.3) is 0 Å². The first-order valence-corrected chi connectivity index (χ1v) is 3.50. The van der Waals surface area contributed by atoms with Gasteiger partial charge in [0.1, 0.15) is 6.17 Å². The third-order valence-corrected chi connectivity index (χ3v) is 1.43. The van der Waals surface area contributed by atoms with Gasteiger partial charge in [0.15, 0.2) is 0 Å². The van der Waals surface area contributed by atoms with Crippen molar-refractivity contribution in [1.82, 2.24) is 0 Å². The van der Waals surface area contributed by atoms with Gasteiger partial charge in [-0.2, -0.15) is 0 Å². The Kier molecular flexibility index (Phi) is 14.3. The van der Waals surface area contributed by atoms with Crippen molar-refractivity contribution in [3.05, 3.63) is 13.2 Å². The fraction of sp³-hybridized carbons (Fsp3) is 0.600. The van der Waals surface area contributed by atoms with E-state index in [2.05, 4.69) is 13.2 Å². The summed E-state index contributed by atoms with van der Waals surface area (Å²) in [6.07, 6.45) is -0.629. The van der Waals surface area contributed by atoms with Crippen molar-refractivity contribution in [3.63, 3.8) is 0 Å². The molecule has 7 heavy (non-hydrogen) atoms. The van der Waals surface area contributed by atoms with Gasteiger partial charge in [-0.3, -0.25) is 0 Å². The molecule has 0 rings (SSSR count). The van der Waals surface area contributed by atoms with Crippen LogP contribution in [0.15, 0.2) is 13.2 Å². The molecule has 0 nitrogen and oxygen atoms in total. The Morgan fingerprint density at radius 2 is 1.86 bits per heavy atom. The monoisotopic (exact) mass is 216 g/mol. The maximum Gasteiger partial charge on any atom is 0.106 e. The average molecular weight is 216 g/mol. The van der Waals surface area contributed by atoms with Crippen LogP contribution in [0.4, 0.5) is 4.39 Å². The Morgan fingerprint density at radius 1 is 1.71 bits per heavy atom. The van der Waals surface area contributed by atoms with Gasteiger partial charge >= 0.3 is 0 Å². The molecular formula is C5H10FI. The van der Waals surface area contributed by atoms with Gasteiger partial charge in [-0.25, -0.2) is 4.39 Å². The minimum Gasteiger partial charge on any atom is -0.247 e. The topological polar surface area (TPSA) is 0 Å². The second kappa shape index (κ2) is 9.64. The second-order valence-corrected chi connectivity index (χ2v) is 1.82. The Balaban J connectivity index is 0. The molecule has 0 aliphatic carbocycles. The van der Waals surface area contributed by atoms with Crippen LogP contribution in [0.1, 0.15) is 6.92 Å². The van der Waals surface area contributed by atoms with Crippen LogP contribution in [0.2, 0.25) is 0 Å². The smallest absolute Gasteiger partial charge is 0.106 e. The van der Waals surface area contributed by atoms with Gasteiger partial charge in [0.05, 0.1) is 0 Å². The van der Waals surface area contributed by atoms with Crippen LogP contribution in [0.25, 0.3) is 0 Å². The van der Waals surface area contributed by atoms with Crippen molar-refractivity contribution in [3.8, 4) is 0 Å². The summed E-state index contributed by atoms with van der Waals surface area (Å²) in [4.78, 5) is 0. The van der Waals surface area contributed by atoms with Crippen molar-refractivity contribution >= 4 is 22.6 Å². The molecule has 0 heterocycles. The van der Waals surface area contributed by atoms with E-state index < -0.39 is 6.17 Å². The van der Waals surface area contributed by atoms with E-state index in [0.29, 0.717) is 4.43 Å². The summed E-state index contributed by atoms with van der Waals surface area (Å²) in [6.45, 7) is 7.55. The second-order valence-electron chi connectivity index (χ2n) is 0.935. The third-order valence-electron chi connectivity index (χ3n) is 0.213. The van der Waals surface area contributed by atoms with E-state index in [0.717, 1.165) is 0 Å². The molecule has 0 N–H and O–H groups in total. The summed E-state index contributed by atoms with van der Waals surface area (Å²) in [5.41, 5.74) is 0. The minimum absolute atomic E-state index is 0.609. The highest BCUT2D eigenvalue weighted by Crippen LogP contribution is 1.91. The van der Waals surface area contributed by atoms with Crippen molar-refractivity contribution in [2.75, 3.05) is 4.43 Å². The van der Waals surface area contributed by atoms with Crippen molar-refractivity contribution in [2.24, 2.45) is 0 Å². The molecular weight excluding hydrogens is 206 g/mol. The highest BCUT2D eigenvalue weighted by Gasteiger charge is 1.87. The zero-order valence-electron chi connectivity index (χ0n) is 4.45. The SMILES string of the molecule is C=C.CC(F)CI. The first-order valence-electron chi connectivity index (χ1n) is 1.97. The maximum absolute atomic E-state index is 11.4. The molecule has 0 fully saturated rings. The van der Waals surface area contributed by atoms with Crippen molar-refractivity contribution in [2.45, 2.75) is 13.1 Å². The van der Waals surface area contributed by atoms with Crippen molar-refractivity contribution in [1.29, 1.82) is 0 Å². The van der Waals surface area contributed by atoms with Crippen LogP contribution < -0.4 is 0 Å². The van der Waals surface area contributed by atoms with Crippen LogP contribution in [0.5, 0.6) is 0 Å². The number of halogens is 2. The molecule has 0 aliphatic heterocycles. The highest BCUT2D eigenvalue weighted by molar-refractivity contribution is 14.1. The fourth-order valence-corrected chi connectivity index (χ4v) is 0. The molecule has 44 valence electrons. The average Bonchev–Trinajstić information content (AvgIpc) is 1.73. The van der Waals surface area contributed by atoms with E-state index in [1.807, 2.05) is 22.6 Å². The van der Waals surface area contributed by atoms with Gasteiger partial charge in [-0.1, -0.05) is 22.6 Å². The lowest BCUT2D eigenvalue weighted by molar-refractivity contribution is 0.402. The zero-order valence-corrected chi connectivity index (χ0v) is 6.61. The summed E-state index contributed by atoms with van der Waals surface area (Å²) in [6, 6.07) is 0. The van der Waals surface area contributed by atoms with E-state index in [1.54, 1.807) is 6.92 Å². The Bertz CT molecular complexity index is 29.3. The largest absolute Gasteiger partial charge is 0.247 e. The lowest BCUT2D eigenvalue weighted by Gasteiger charge is -1.84. The number of hydrogen-bond acceptors (Lipinski definition) is 0. The van der Waals surface area contributed by atoms with Crippen molar-refractivity contribution < 1.29 is 4.39 Å². The Hall–Kier alpha value is 0.400. The van der Waals surface area contributed by atoms with Gasteiger partial charge < -0.3 is 0 Å². The molecule has 0 aromatic rings. The summed E-state index contributed by atoms with van der Waals surface area (Å²) >= 11 is 2.00. The highest BCUT2D eigenvalue weighted by atomic mass is 127. The van der Waals surface area contributed by atoms with E-state index in [9.17, 15) is 4.39 Å². The normalized spacial score (nSPS) is 11.3. The maximum atomic E-state index is 11.4. The number of rotatable bonds is 1. The van der Waals surface area contributed by atoms with Crippen LogP contribution in [0, 0.1) is 0 Å². The molecule has 1 atom stereocenters. The predicted octanol–water partition coefficient (Wildman–Crippen LogP) is 2.58. The number of hydrogen-bond donors (Lipinski definition) is 0.